The summed E-state index contributed by atoms with van der Waals surface area (Å²) in [6, 6.07) is 7.21. The zero-order valence-electron chi connectivity index (χ0n) is 15.0. The predicted molar refractivity (Wildman–Crippen MR) is 103 cm³/mol. The average Bonchev–Trinajstić information content (AvgIpc) is 3.16. The van der Waals surface area contributed by atoms with Gasteiger partial charge < -0.3 is 14.4 Å². The Hall–Kier alpha value is -2.12. The number of halogens is 1. The fourth-order valence-corrected chi connectivity index (χ4v) is 3.82. The monoisotopic (exact) mass is 408 g/mol. The number of nitrogens with zero attached hydrogens (tertiary/aromatic N) is 2. The summed E-state index contributed by atoms with van der Waals surface area (Å²) in [7, 11) is 0. The molecule has 1 amide bonds. The molecule has 3 rings (SSSR count). The number of hydrogen-bond acceptors (Lipinski definition) is 6. The zero-order valence-corrected chi connectivity index (χ0v) is 16.6. The van der Waals surface area contributed by atoms with Crippen LogP contribution in [0, 0.1) is 5.92 Å². The Morgan fingerprint density at radius 3 is 2.96 bits per heavy atom. The Bertz CT molecular complexity index is 811. The molecule has 0 spiro atoms. The van der Waals surface area contributed by atoms with E-state index in [4.69, 9.17) is 21.1 Å². The van der Waals surface area contributed by atoms with Crippen molar-refractivity contribution >= 4 is 34.8 Å². The van der Waals surface area contributed by atoms with Gasteiger partial charge in [0.05, 0.1) is 17.5 Å². The van der Waals surface area contributed by atoms with E-state index in [0.29, 0.717) is 41.2 Å². The van der Waals surface area contributed by atoms with Crippen LogP contribution in [0.1, 0.15) is 35.3 Å². The van der Waals surface area contributed by atoms with Gasteiger partial charge in [0.15, 0.2) is 0 Å². The van der Waals surface area contributed by atoms with Gasteiger partial charge in [-0.2, -0.15) is 0 Å². The number of rotatable bonds is 6. The molecule has 2 aromatic rings. The van der Waals surface area contributed by atoms with Crippen molar-refractivity contribution in [2.45, 2.75) is 26.4 Å². The van der Waals surface area contributed by atoms with E-state index in [9.17, 15) is 9.59 Å². The molecule has 1 aromatic heterocycles. The van der Waals surface area contributed by atoms with Crippen LogP contribution in [0.2, 0.25) is 5.02 Å². The van der Waals surface area contributed by atoms with E-state index in [-0.39, 0.29) is 24.4 Å². The first kappa shape index (κ1) is 19.6. The lowest BCUT2D eigenvalue weighted by atomic mass is 9.98. The minimum Gasteiger partial charge on any atom is -0.485 e. The standard InChI is InChI=1S/C19H21ClN2O4S/c1-2-25-19(24)13-6-5-9-22(10-13)18(23)15-12-27-17(21-15)11-26-16-8-4-3-7-14(16)20/h3-4,7-8,12-13H,2,5-6,9-11H2,1H3/t13-/m1/s1. The maximum Gasteiger partial charge on any atom is 0.310 e. The van der Waals surface area contributed by atoms with Crippen molar-refractivity contribution in [3.63, 3.8) is 0 Å². The number of esters is 1. The molecule has 2 heterocycles. The number of thiazole rings is 1. The number of para-hydroxylation sites is 1. The Kier molecular flexibility index (Phi) is 6.68. The lowest BCUT2D eigenvalue weighted by molar-refractivity contribution is -0.149. The van der Waals surface area contributed by atoms with Crippen LogP contribution in [0.4, 0.5) is 0 Å². The second-order valence-corrected chi connectivity index (χ2v) is 7.54. The highest BCUT2D eigenvalue weighted by Gasteiger charge is 2.30. The zero-order chi connectivity index (χ0) is 19.2. The molecule has 0 radical (unpaired) electrons. The largest absolute Gasteiger partial charge is 0.485 e. The van der Waals surface area contributed by atoms with E-state index in [2.05, 4.69) is 4.98 Å². The SMILES string of the molecule is CCOC(=O)[C@@H]1CCCN(C(=O)c2csc(COc3ccccc3Cl)n2)C1. The molecule has 1 aliphatic rings. The van der Waals surface area contributed by atoms with Gasteiger partial charge in [-0.25, -0.2) is 4.98 Å². The molecule has 8 heteroatoms. The fraction of sp³-hybridized carbons (Fsp3) is 0.421. The molecule has 1 aliphatic heterocycles. The fourth-order valence-electron chi connectivity index (χ4n) is 2.95. The molecule has 0 N–H and O–H groups in total. The molecule has 1 atom stereocenters. The van der Waals surface area contributed by atoms with Crippen LogP contribution in [0.3, 0.4) is 0 Å². The molecule has 0 saturated carbocycles. The van der Waals surface area contributed by atoms with E-state index < -0.39 is 0 Å². The van der Waals surface area contributed by atoms with Gasteiger partial charge >= 0.3 is 5.97 Å². The summed E-state index contributed by atoms with van der Waals surface area (Å²) in [5, 5.41) is 2.95. The van der Waals surface area contributed by atoms with Crippen LogP contribution in [0.15, 0.2) is 29.6 Å². The Morgan fingerprint density at radius 2 is 2.19 bits per heavy atom. The number of carbonyl (C=O) groups excluding carboxylic acids is 2. The average molecular weight is 409 g/mol. The van der Waals surface area contributed by atoms with Crippen molar-refractivity contribution in [1.82, 2.24) is 9.88 Å². The number of carbonyl (C=O) groups is 2. The number of benzene rings is 1. The van der Waals surface area contributed by atoms with Crippen LogP contribution in [0.25, 0.3) is 0 Å². The van der Waals surface area contributed by atoms with Crippen molar-refractivity contribution in [2.24, 2.45) is 5.92 Å². The third-order valence-electron chi connectivity index (χ3n) is 4.29. The third-order valence-corrected chi connectivity index (χ3v) is 5.42. The second kappa shape index (κ2) is 9.19. The molecule has 1 saturated heterocycles. The molecule has 0 bridgehead atoms. The number of aromatic nitrogens is 1. The van der Waals surface area contributed by atoms with Crippen molar-refractivity contribution in [2.75, 3.05) is 19.7 Å². The summed E-state index contributed by atoms with van der Waals surface area (Å²) in [5.74, 6) is -0.0776. The third kappa shape index (κ3) is 4.99. The maximum absolute atomic E-state index is 12.7. The normalized spacial score (nSPS) is 16.8. The van der Waals surface area contributed by atoms with E-state index in [1.54, 1.807) is 29.3 Å². The summed E-state index contributed by atoms with van der Waals surface area (Å²) in [6.07, 6.45) is 1.53. The molecule has 6 nitrogen and oxygen atoms in total. The molecule has 1 fully saturated rings. The van der Waals surface area contributed by atoms with Gasteiger partial charge in [0.2, 0.25) is 0 Å². The number of amides is 1. The minimum absolute atomic E-state index is 0.163. The number of hydrogen-bond donors (Lipinski definition) is 0. The highest BCUT2D eigenvalue weighted by Crippen LogP contribution is 2.25. The molecule has 0 aliphatic carbocycles. The van der Waals surface area contributed by atoms with E-state index in [1.807, 2.05) is 12.1 Å². The lowest BCUT2D eigenvalue weighted by Crippen LogP contribution is -2.43. The van der Waals surface area contributed by atoms with Gasteiger partial charge in [-0.05, 0) is 31.9 Å². The first-order valence-electron chi connectivity index (χ1n) is 8.86. The summed E-state index contributed by atoms with van der Waals surface area (Å²) in [5.41, 5.74) is 0.377. The Morgan fingerprint density at radius 1 is 1.37 bits per heavy atom. The van der Waals surface area contributed by atoms with Gasteiger partial charge in [-0.1, -0.05) is 23.7 Å². The first-order valence-corrected chi connectivity index (χ1v) is 10.1. The van der Waals surface area contributed by atoms with E-state index >= 15 is 0 Å². The second-order valence-electron chi connectivity index (χ2n) is 6.19. The molecular weight excluding hydrogens is 388 g/mol. The quantitative estimate of drug-likeness (QED) is 0.680. The smallest absolute Gasteiger partial charge is 0.310 e. The Labute approximate surface area is 167 Å². The van der Waals surface area contributed by atoms with Crippen molar-refractivity contribution < 1.29 is 19.1 Å². The molecule has 144 valence electrons. The van der Waals surface area contributed by atoms with Gasteiger partial charge in [-0.15, -0.1) is 11.3 Å². The van der Waals surface area contributed by atoms with Crippen LogP contribution in [-0.4, -0.2) is 41.5 Å². The molecule has 27 heavy (non-hydrogen) atoms. The minimum atomic E-state index is -0.260. The summed E-state index contributed by atoms with van der Waals surface area (Å²) >= 11 is 7.43. The highest BCUT2D eigenvalue weighted by atomic mass is 35.5. The van der Waals surface area contributed by atoms with E-state index in [0.717, 1.165) is 12.8 Å². The van der Waals surface area contributed by atoms with Gasteiger partial charge in [-0.3, -0.25) is 9.59 Å². The molecule has 0 unspecified atom stereocenters. The molecule has 1 aromatic carbocycles. The molecular formula is C19H21ClN2O4S. The van der Waals surface area contributed by atoms with Gasteiger partial charge in [0, 0.05) is 18.5 Å². The number of piperidine rings is 1. The highest BCUT2D eigenvalue weighted by molar-refractivity contribution is 7.09. The number of likely N-dealkylation sites (tertiary alicyclic amines) is 1. The van der Waals surface area contributed by atoms with Crippen LogP contribution in [-0.2, 0) is 16.1 Å². The van der Waals surface area contributed by atoms with Crippen LogP contribution >= 0.6 is 22.9 Å². The van der Waals surface area contributed by atoms with Crippen LogP contribution in [0.5, 0.6) is 5.75 Å². The number of ether oxygens (including phenoxy) is 2. The first-order chi connectivity index (χ1) is 13.1. The predicted octanol–water partition coefficient (Wildman–Crippen LogP) is 3.79. The maximum atomic E-state index is 12.7. The lowest BCUT2D eigenvalue weighted by Gasteiger charge is -2.31. The van der Waals surface area contributed by atoms with Crippen LogP contribution < -0.4 is 4.74 Å². The summed E-state index contributed by atoms with van der Waals surface area (Å²) < 4.78 is 10.8. The van der Waals surface area contributed by atoms with Gasteiger partial charge in [0.25, 0.3) is 5.91 Å². The van der Waals surface area contributed by atoms with Crippen molar-refractivity contribution in [3.8, 4) is 5.75 Å². The summed E-state index contributed by atoms with van der Waals surface area (Å²) in [4.78, 5) is 30.7. The van der Waals surface area contributed by atoms with Crippen molar-refractivity contribution in [1.29, 1.82) is 0 Å². The van der Waals surface area contributed by atoms with E-state index in [1.165, 1.54) is 11.3 Å². The Balaban J connectivity index is 1.59. The van der Waals surface area contributed by atoms with Crippen molar-refractivity contribution in [3.05, 3.63) is 45.4 Å². The summed E-state index contributed by atoms with van der Waals surface area (Å²) in [6.45, 7) is 3.38. The van der Waals surface area contributed by atoms with Gasteiger partial charge in [0.1, 0.15) is 23.1 Å². The topological polar surface area (TPSA) is 68.7 Å².